The van der Waals surface area contributed by atoms with Gasteiger partial charge < -0.3 is 14.7 Å². The van der Waals surface area contributed by atoms with Gasteiger partial charge in [0.15, 0.2) is 5.82 Å². The van der Waals surface area contributed by atoms with Gasteiger partial charge in [-0.3, -0.25) is 9.69 Å². The van der Waals surface area contributed by atoms with Crippen LogP contribution in [-0.2, 0) is 10.2 Å². The first-order valence-electron chi connectivity index (χ1n) is 13.3. The van der Waals surface area contributed by atoms with Crippen LogP contribution in [-0.4, -0.2) is 83.3 Å². The molecule has 2 aliphatic heterocycles. The fourth-order valence-corrected chi connectivity index (χ4v) is 6.30. The van der Waals surface area contributed by atoms with E-state index in [4.69, 9.17) is 4.52 Å². The SMILES string of the molecule is CNC1CCN([C@H]2CCCC(F)(F)[C@@H]2CC(=O)N2CCC(C)(c3noc([C@@H]4C[C@@H]4F)n3)CC2)CC1. The second kappa shape index (κ2) is 9.65. The number of alkyl halides is 3. The van der Waals surface area contributed by atoms with Crippen LogP contribution in [0.25, 0.3) is 0 Å². The lowest BCUT2D eigenvalue weighted by atomic mass is 9.76. The quantitative estimate of drug-likeness (QED) is 0.647. The van der Waals surface area contributed by atoms with Gasteiger partial charge in [-0.25, -0.2) is 13.2 Å². The summed E-state index contributed by atoms with van der Waals surface area (Å²) in [7, 11) is 1.95. The van der Waals surface area contributed by atoms with Gasteiger partial charge >= 0.3 is 0 Å². The van der Waals surface area contributed by atoms with E-state index in [1.807, 2.05) is 14.0 Å². The fraction of sp³-hybridized carbons (Fsp3) is 0.880. The number of carbonyl (C=O) groups excluding carboxylic acids is 1. The van der Waals surface area contributed by atoms with Crippen LogP contribution in [0.5, 0.6) is 0 Å². The number of nitrogens with one attached hydrogen (secondary N) is 1. The lowest BCUT2D eigenvalue weighted by molar-refractivity contribution is -0.150. The molecule has 0 bridgehead atoms. The number of rotatable bonds is 6. The Kier molecular flexibility index (Phi) is 6.89. The highest BCUT2D eigenvalue weighted by Crippen LogP contribution is 2.45. The Morgan fingerprint density at radius 3 is 2.46 bits per heavy atom. The molecule has 2 saturated heterocycles. The summed E-state index contributed by atoms with van der Waals surface area (Å²) in [5.74, 6) is -3.30. The smallest absolute Gasteiger partial charge is 0.252 e. The van der Waals surface area contributed by atoms with Crippen molar-refractivity contribution in [1.29, 1.82) is 0 Å². The third kappa shape index (κ3) is 5.10. The van der Waals surface area contributed by atoms with Crippen molar-refractivity contribution in [1.82, 2.24) is 25.3 Å². The van der Waals surface area contributed by atoms with E-state index >= 15 is 8.78 Å². The molecule has 196 valence electrons. The molecule has 0 unspecified atom stereocenters. The second-order valence-corrected chi connectivity index (χ2v) is 11.4. The number of carbonyl (C=O) groups is 1. The van der Waals surface area contributed by atoms with Gasteiger partial charge in [0.1, 0.15) is 6.17 Å². The Bertz CT molecular complexity index is 895. The molecule has 10 heteroatoms. The lowest BCUT2D eigenvalue weighted by Gasteiger charge is -2.46. The zero-order chi connectivity index (χ0) is 24.8. The van der Waals surface area contributed by atoms with E-state index in [9.17, 15) is 9.18 Å². The summed E-state index contributed by atoms with van der Waals surface area (Å²) >= 11 is 0. The predicted molar refractivity (Wildman–Crippen MR) is 124 cm³/mol. The number of aromatic nitrogens is 2. The highest BCUT2D eigenvalue weighted by atomic mass is 19.3. The summed E-state index contributed by atoms with van der Waals surface area (Å²) in [5.41, 5.74) is -0.367. The molecule has 1 N–H and O–H groups in total. The molecule has 1 aromatic rings. The molecular weight excluding hydrogens is 459 g/mol. The zero-order valence-corrected chi connectivity index (χ0v) is 20.8. The number of halogens is 3. The van der Waals surface area contributed by atoms with E-state index < -0.39 is 18.0 Å². The van der Waals surface area contributed by atoms with E-state index in [2.05, 4.69) is 20.4 Å². The van der Waals surface area contributed by atoms with Crippen molar-refractivity contribution in [3.63, 3.8) is 0 Å². The average molecular weight is 498 g/mol. The van der Waals surface area contributed by atoms with Gasteiger partial charge in [0.25, 0.3) is 5.92 Å². The van der Waals surface area contributed by atoms with E-state index in [-0.39, 0.29) is 36.1 Å². The van der Waals surface area contributed by atoms with Gasteiger partial charge in [-0.1, -0.05) is 12.1 Å². The maximum Gasteiger partial charge on any atom is 0.252 e. The highest BCUT2D eigenvalue weighted by Gasteiger charge is 2.50. The number of hydrogen-bond donors (Lipinski definition) is 1. The maximum absolute atomic E-state index is 15.1. The van der Waals surface area contributed by atoms with E-state index in [0.717, 1.165) is 32.4 Å². The van der Waals surface area contributed by atoms with Crippen LogP contribution in [0, 0.1) is 5.92 Å². The first-order chi connectivity index (χ1) is 16.7. The molecule has 0 aromatic carbocycles. The van der Waals surface area contributed by atoms with E-state index in [1.54, 1.807) is 4.90 Å². The second-order valence-electron chi connectivity index (χ2n) is 11.4. The average Bonchev–Trinajstić information content (AvgIpc) is 3.36. The van der Waals surface area contributed by atoms with Crippen molar-refractivity contribution in [2.45, 2.75) is 100 Å². The minimum Gasteiger partial charge on any atom is -0.343 e. The summed E-state index contributed by atoms with van der Waals surface area (Å²) in [6, 6.07) is 0.200. The Labute approximate surface area is 205 Å². The standard InChI is InChI=1S/C25H38F3N5O2/c1-24(23-30-22(35-31-23)17-14-19(17)26)8-12-33(13-9-24)21(34)15-18-20(4-3-7-25(18,27)28)32-10-5-16(29-2)6-11-32/h16-20,29H,3-15H2,1-2H3/t17-,18-,19+,20+/m1/s1. The van der Waals surface area contributed by atoms with Crippen molar-refractivity contribution in [2.24, 2.45) is 5.92 Å². The van der Waals surface area contributed by atoms with Gasteiger partial charge in [0, 0.05) is 49.3 Å². The largest absolute Gasteiger partial charge is 0.343 e. The highest BCUT2D eigenvalue weighted by molar-refractivity contribution is 5.76. The first-order valence-corrected chi connectivity index (χ1v) is 13.3. The van der Waals surface area contributed by atoms with Crippen LogP contribution in [0.15, 0.2) is 4.52 Å². The normalized spacial score (nSPS) is 33.6. The van der Waals surface area contributed by atoms with Crippen LogP contribution >= 0.6 is 0 Å². The fourth-order valence-electron chi connectivity index (χ4n) is 6.30. The van der Waals surface area contributed by atoms with Crippen LogP contribution in [0.3, 0.4) is 0 Å². The number of amides is 1. The van der Waals surface area contributed by atoms with Crippen molar-refractivity contribution in [3.8, 4) is 0 Å². The molecule has 1 amide bonds. The predicted octanol–water partition coefficient (Wildman–Crippen LogP) is 3.65. The summed E-state index contributed by atoms with van der Waals surface area (Å²) in [6.45, 7) is 4.59. The monoisotopic (exact) mass is 497 g/mol. The van der Waals surface area contributed by atoms with Gasteiger partial charge in [-0.2, -0.15) is 4.98 Å². The molecule has 4 fully saturated rings. The van der Waals surface area contributed by atoms with Crippen LogP contribution in [0.1, 0.15) is 82.3 Å². The summed E-state index contributed by atoms with van der Waals surface area (Å²) < 4.78 is 48.9. The first kappa shape index (κ1) is 25.0. The Morgan fingerprint density at radius 2 is 1.83 bits per heavy atom. The minimum atomic E-state index is -2.82. The molecule has 35 heavy (non-hydrogen) atoms. The molecule has 2 aliphatic carbocycles. The molecule has 4 atom stereocenters. The number of piperidine rings is 2. The molecule has 0 radical (unpaired) electrons. The molecule has 5 rings (SSSR count). The Hall–Kier alpha value is -1.68. The molecule has 3 heterocycles. The van der Waals surface area contributed by atoms with Crippen molar-refractivity contribution >= 4 is 5.91 Å². The van der Waals surface area contributed by atoms with Gasteiger partial charge in [-0.15, -0.1) is 0 Å². The molecule has 4 aliphatic rings. The van der Waals surface area contributed by atoms with Crippen molar-refractivity contribution < 1.29 is 22.5 Å². The van der Waals surface area contributed by atoms with Gasteiger partial charge in [-0.05, 0) is 65.1 Å². The Balaban J connectivity index is 1.20. The van der Waals surface area contributed by atoms with Crippen LogP contribution in [0.4, 0.5) is 13.2 Å². The van der Waals surface area contributed by atoms with E-state index in [1.165, 1.54) is 0 Å². The third-order valence-electron chi connectivity index (χ3n) is 9.05. The summed E-state index contributed by atoms with van der Waals surface area (Å²) in [5, 5.41) is 7.39. The van der Waals surface area contributed by atoms with Crippen LogP contribution < -0.4 is 5.32 Å². The maximum atomic E-state index is 15.1. The topological polar surface area (TPSA) is 74.5 Å². The van der Waals surface area contributed by atoms with Gasteiger partial charge in [0.05, 0.1) is 5.92 Å². The van der Waals surface area contributed by atoms with Gasteiger partial charge in [0.2, 0.25) is 11.8 Å². The Morgan fingerprint density at radius 1 is 1.14 bits per heavy atom. The van der Waals surface area contributed by atoms with Crippen molar-refractivity contribution in [2.75, 3.05) is 33.2 Å². The minimum absolute atomic E-state index is 0.105. The third-order valence-corrected chi connectivity index (χ3v) is 9.05. The van der Waals surface area contributed by atoms with Crippen LogP contribution in [0.2, 0.25) is 0 Å². The molecule has 7 nitrogen and oxygen atoms in total. The molecular formula is C25H38F3N5O2. The summed E-state index contributed by atoms with van der Waals surface area (Å²) in [4.78, 5) is 21.6. The zero-order valence-electron chi connectivity index (χ0n) is 20.8. The molecule has 2 saturated carbocycles. The number of hydrogen-bond acceptors (Lipinski definition) is 6. The van der Waals surface area contributed by atoms with Crippen molar-refractivity contribution in [3.05, 3.63) is 11.7 Å². The number of nitrogens with zero attached hydrogens (tertiary/aromatic N) is 4. The molecule has 1 aromatic heterocycles. The summed E-state index contributed by atoms with van der Waals surface area (Å²) in [6.07, 6.45) is 3.70. The molecule has 0 spiro atoms. The van der Waals surface area contributed by atoms with E-state index in [0.29, 0.717) is 56.5 Å². The number of likely N-dealkylation sites (tertiary alicyclic amines) is 2. The lowest BCUT2D eigenvalue weighted by Crippen LogP contribution is -2.55.